The van der Waals surface area contributed by atoms with Gasteiger partial charge in [-0.2, -0.15) is 0 Å². The van der Waals surface area contributed by atoms with Crippen LogP contribution in [-0.2, 0) is 6.42 Å². The van der Waals surface area contributed by atoms with Gasteiger partial charge < -0.3 is 0 Å². The summed E-state index contributed by atoms with van der Waals surface area (Å²) in [5.74, 6) is -3.38. The quantitative estimate of drug-likeness (QED) is 0.554. The zero-order valence-electron chi connectivity index (χ0n) is 8.68. The van der Waals surface area contributed by atoms with Gasteiger partial charge in [-0.3, -0.25) is 0 Å². The summed E-state index contributed by atoms with van der Waals surface area (Å²) in [6, 6.07) is 9.79. The molecule has 2 rings (SSSR count). The Bertz CT molecular complexity index is 538. The standard InChI is InChI=1S/C13H8ClF3/c14-11-10(15)7-9(12(16)13(11)17)6-8-4-2-1-3-5-8/h1-5,7H,6H2. The first-order valence-corrected chi connectivity index (χ1v) is 5.33. The van der Waals surface area contributed by atoms with Gasteiger partial charge in [0.25, 0.3) is 0 Å². The maximum atomic E-state index is 13.5. The predicted molar refractivity (Wildman–Crippen MR) is 60.6 cm³/mol. The Balaban J connectivity index is 2.41. The zero-order valence-corrected chi connectivity index (χ0v) is 9.44. The molecule has 0 bridgehead atoms. The summed E-state index contributed by atoms with van der Waals surface area (Å²) in [6.07, 6.45) is 0.123. The average molecular weight is 257 g/mol. The summed E-state index contributed by atoms with van der Waals surface area (Å²) in [5.41, 5.74) is 0.725. The minimum Gasteiger partial charge on any atom is -0.205 e. The molecule has 0 fully saturated rings. The Morgan fingerprint density at radius 1 is 0.941 bits per heavy atom. The van der Waals surface area contributed by atoms with E-state index in [-0.39, 0.29) is 12.0 Å². The molecule has 0 aliphatic carbocycles. The van der Waals surface area contributed by atoms with E-state index in [1.54, 1.807) is 24.3 Å². The summed E-state index contributed by atoms with van der Waals surface area (Å²) >= 11 is 5.27. The molecular weight excluding hydrogens is 249 g/mol. The monoisotopic (exact) mass is 256 g/mol. The molecule has 0 aromatic heterocycles. The molecule has 0 unspecified atom stereocenters. The van der Waals surface area contributed by atoms with Crippen molar-refractivity contribution in [2.75, 3.05) is 0 Å². The molecule has 0 saturated heterocycles. The van der Waals surface area contributed by atoms with Gasteiger partial charge in [-0.1, -0.05) is 41.9 Å². The highest BCUT2D eigenvalue weighted by Gasteiger charge is 2.17. The summed E-state index contributed by atoms with van der Waals surface area (Å²) in [7, 11) is 0. The van der Waals surface area contributed by atoms with Crippen molar-refractivity contribution < 1.29 is 13.2 Å². The number of benzene rings is 2. The fourth-order valence-corrected chi connectivity index (χ4v) is 1.70. The van der Waals surface area contributed by atoms with E-state index in [9.17, 15) is 13.2 Å². The zero-order chi connectivity index (χ0) is 12.4. The molecule has 0 aliphatic rings. The van der Waals surface area contributed by atoms with Gasteiger partial charge in [0, 0.05) is 6.42 Å². The van der Waals surface area contributed by atoms with Crippen LogP contribution in [0, 0.1) is 17.5 Å². The highest BCUT2D eigenvalue weighted by atomic mass is 35.5. The van der Waals surface area contributed by atoms with Crippen molar-refractivity contribution in [3.8, 4) is 0 Å². The smallest absolute Gasteiger partial charge is 0.180 e. The van der Waals surface area contributed by atoms with Crippen molar-refractivity contribution in [1.82, 2.24) is 0 Å². The lowest BCUT2D eigenvalue weighted by atomic mass is 10.0. The molecule has 0 saturated carbocycles. The molecule has 2 aromatic carbocycles. The highest BCUT2D eigenvalue weighted by Crippen LogP contribution is 2.25. The topological polar surface area (TPSA) is 0 Å². The molecule has 0 aliphatic heterocycles. The van der Waals surface area contributed by atoms with E-state index in [0.29, 0.717) is 0 Å². The summed E-state index contributed by atoms with van der Waals surface area (Å²) in [5, 5.41) is -0.806. The number of hydrogen-bond donors (Lipinski definition) is 0. The average Bonchev–Trinajstić information content (AvgIpc) is 2.35. The van der Waals surface area contributed by atoms with E-state index in [0.717, 1.165) is 11.6 Å². The van der Waals surface area contributed by atoms with Crippen LogP contribution in [0.25, 0.3) is 0 Å². The number of halogens is 4. The summed E-state index contributed by atoms with van der Waals surface area (Å²) in [4.78, 5) is 0. The van der Waals surface area contributed by atoms with Crippen molar-refractivity contribution in [3.05, 3.63) is 70.0 Å². The van der Waals surface area contributed by atoms with Gasteiger partial charge in [0.2, 0.25) is 0 Å². The third-order valence-corrected chi connectivity index (χ3v) is 2.76. The fourth-order valence-electron chi connectivity index (χ4n) is 1.57. The van der Waals surface area contributed by atoms with Gasteiger partial charge in [0.15, 0.2) is 11.6 Å². The Morgan fingerprint density at radius 3 is 2.24 bits per heavy atom. The Labute approximate surface area is 102 Å². The van der Waals surface area contributed by atoms with Crippen LogP contribution in [0.4, 0.5) is 13.2 Å². The van der Waals surface area contributed by atoms with E-state index in [1.165, 1.54) is 0 Å². The van der Waals surface area contributed by atoms with E-state index < -0.39 is 22.5 Å². The lowest BCUT2D eigenvalue weighted by Gasteiger charge is -2.06. The Hall–Kier alpha value is -1.48. The lowest BCUT2D eigenvalue weighted by molar-refractivity contribution is 0.487. The van der Waals surface area contributed by atoms with E-state index in [1.807, 2.05) is 6.07 Å². The van der Waals surface area contributed by atoms with E-state index in [4.69, 9.17) is 11.6 Å². The minimum absolute atomic E-state index is 0.0457. The molecular formula is C13H8ClF3. The molecule has 0 heterocycles. The Kier molecular flexibility index (Phi) is 3.38. The SMILES string of the molecule is Fc1cc(Cc2ccccc2)c(F)c(F)c1Cl. The van der Waals surface area contributed by atoms with Gasteiger partial charge in [0.1, 0.15) is 10.8 Å². The molecule has 0 atom stereocenters. The van der Waals surface area contributed by atoms with Crippen LogP contribution in [0.2, 0.25) is 5.02 Å². The van der Waals surface area contributed by atoms with Crippen LogP contribution in [0.3, 0.4) is 0 Å². The molecule has 88 valence electrons. The van der Waals surface area contributed by atoms with Crippen LogP contribution in [-0.4, -0.2) is 0 Å². The van der Waals surface area contributed by atoms with Gasteiger partial charge in [-0.25, -0.2) is 13.2 Å². The van der Waals surface area contributed by atoms with Crippen LogP contribution in [0.5, 0.6) is 0 Å². The van der Waals surface area contributed by atoms with Crippen molar-refractivity contribution in [2.45, 2.75) is 6.42 Å². The molecule has 17 heavy (non-hydrogen) atoms. The van der Waals surface area contributed by atoms with E-state index in [2.05, 4.69) is 0 Å². The van der Waals surface area contributed by atoms with Crippen molar-refractivity contribution in [2.24, 2.45) is 0 Å². The van der Waals surface area contributed by atoms with Gasteiger partial charge >= 0.3 is 0 Å². The van der Waals surface area contributed by atoms with E-state index >= 15 is 0 Å². The summed E-state index contributed by atoms with van der Waals surface area (Å²) in [6.45, 7) is 0. The van der Waals surface area contributed by atoms with Crippen molar-refractivity contribution in [1.29, 1.82) is 0 Å². The maximum absolute atomic E-state index is 13.5. The molecule has 0 spiro atoms. The van der Waals surface area contributed by atoms with Crippen LogP contribution in [0.15, 0.2) is 36.4 Å². The minimum atomic E-state index is -1.34. The first kappa shape index (κ1) is 12.0. The van der Waals surface area contributed by atoms with Gasteiger partial charge in [-0.05, 0) is 17.2 Å². The Morgan fingerprint density at radius 2 is 1.59 bits per heavy atom. The molecule has 0 amide bonds. The second-order valence-corrected chi connectivity index (χ2v) is 4.00. The maximum Gasteiger partial charge on any atom is 0.180 e. The van der Waals surface area contributed by atoms with Crippen molar-refractivity contribution >= 4 is 11.6 Å². The molecule has 0 N–H and O–H groups in total. The highest BCUT2D eigenvalue weighted by molar-refractivity contribution is 6.30. The molecule has 0 radical (unpaired) electrons. The fraction of sp³-hybridized carbons (Fsp3) is 0.0769. The number of hydrogen-bond acceptors (Lipinski definition) is 0. The van der Waals surface area contributed by atoms with Gasteiger partial charge in [0.05, 0.1) is 0 Å². The van der Waals surface area contributed by atoms with Crippen LogP contribution < -0.4 is 0 Å². The molecule has 0 nitrogen and oxygen atoms in total. The lowest BCUT2D eigenvalue weighted by Crippen LogP contribution is -1.99. The molecule has 2 aromatic rings. The third kappa shape index (κ3) is 2.44. The summed E-state index contributed by atoms with van der Waals surface area (Å²) < 4.78 is 39.9. The van der Waals surface area contributed by atoms with Crippen LogP contribution in [0.1, 0.15) is 11.1 Å². The van der Waals surface area contributed by atoms with Crippen LogP contribution >= 0.6 is 11.6 Å². The predicted octanol–water partition coefficient (Wildman–Crippen LogP) is 4.35. The molecule has 4 heteroatoms. The second-order valence-electron chi connectivity index (χ2n) is 3.62. The van der Waals surface area contributed by atoms with Crippen molar-refractivity contribution in [3.63, 3.8) is 0 Å². The number of rotatable bonds is 2. The first-order chi connectivity index (χ1) is 8.09. The second kappa shape index (κ2) is 4.80. The normalized spacial score (nSPS) is 10.6. The first-order valence-electron chi connectivity index (χ1n) is 4.95. The third-order valence-electron chi connectivity index (χ3n) is 2.42. The van der Waals surface area contributed by atoms with Gasteiger partial charge in [-0.15, -0.1) is 0 Å². The largest absolute Gasteiger partial charge is 0.205 e.